The Kier molecular flexibility index (Phi) is 9.97. The number of rotatable bonds is 8. The molecule has 0 saturated carbocycles. The molecule has 1 aromatic carbocycles. The second-order valence-electron chi connectivity index (χ2n) is 6.13. The van der Waals surface area contributed by atoms with Crippen molar-refractivity contribution >= 4 is 47.0 Å². The van der Waals surface area contributed by atoms with Crippen LogP contribution in [0.15, 0.2) is 52.8 Å². The first-order valence-corrected chi connectivity index (χ1v) is 9.45. The minimum Gasteiger partial charge on any atom is -0.383 e. The van der Waals surface area contributed by atoms with Crippen LogP contribution >= 0.6 is 35.3 Å². The second-order valence-corrected chi connectivity index (χ2v) is 7.08. The summed E-state index contributed by atoms with van der Waals surface area (Å²) in [6.07, 6.45) is 0. The Morgan fingerprint density at radius 1 is 1.19 bits per heavy atom. The SMILES string of the molecule is CCNC(=NCC(C)(O)c1cccs1)NCCN(C)c1ccccc1.I. The normalized spacial score (nSPS) is 13.5. The zero-order valence-electron chi connectivity index (χ0n) is 15.6. The third-order valence-corrected chi connectivity index (χ3v) is 5.00. The van der Waals surface area contributed by atoms with Gasteiger partial charge in [-0.1, -0.05) is 24.3 Å². The van der Waals surface area contributed by atoms with Crippen molar-refractivity contribution in [3.05, 3.63) is 52.7 Å². The number of nitrogens with one attached hydrogen (secondary N) is 2. The molecule has 0 aliphatic carbocycles. The molecule has 1 atom stereocenters. The summed E-state index contributed by atoms with van der Waals surface area (Å²) in [7, 11) is 2.07. The molecule has 0 radical (unpaired) electrons. The lowest BCUT2D eigenvalue weighted by Crippen LogP contribution is -2.42. The Labute approximate surface area is 177 Å². The quantitative estimate of drug-likeness (QED) is 0.303. The highest BCUT2D eigenvalue weighted by Crippen LogP contribution is 2.25. The van der Waals surface area contributed by atoms with Crippen LogP contribution in [-0.4, -0.2) is 44.3 Å². The van der Waals surface area contributed by atoms with E-state index < -0.39 is 5.60 Å². The molecule has 0 amide bonds. The molecule has 0 saturated heterocycles. The highest BCUT2D eigenvalue weighted by Gasteiger charge is 2.23. The highest BCUT2D eigenvalue weighted by molar-refractivity contribution is 14.0. The van der Waals surface area contributed by atoms with Crippen LogP contribution in [0.5, 0.6) is 0 Å². The number of hydrogen-bond acceptors (Lipinski definition) is 4. The van der Waals surface area contributed by atoms with Gasteiger partial charge in [0, 0.05) is 37.2 Å². The van der Waals surface area contributed by atoms with E-state index in [-0.39, 0.29) is 24.0 Å². The predicted octanol–water partition coefficient (Wildman–Crippen LogP) is 3.27. The number of aliphatic imine (C=N–C) groups is 1. The largest absolute Gasteiger partial charge is 0.383 e. The van der Waals surface area contributed by atoms with Crippen LogP contribution in [0.1, 0.15) is 18.7 Å². The standard InChI is InChI=1S/C19H28N4OS.HI/c1-4-20-18(22-15-19(2,24)17-11-8-14-25-17)21-12-13-23(3)16-9-6-5-7-10-16;/h5-11,14,24H,4,12-13,15H2,1-3H3,(H2,20,21,22);1H. The van der Waals surface area contributed by atoms with Gasteiger partial charge < -0.3 is 20.6 Å². The van der Waals surface area contributed by atoms with Crippen LogP contribution in [0, 0.1) is 0 Å². The maximum absolute atomic E-state index is 10.6. The fourth-order valence-electron chi connectivity index (χ4n) is 2.39. The monoisotopic (exact) mass is 488 g/mol. The van der Waals surface area contributed by atoms with E-state index in [1.54, 1.807) is 18.3 Å². The molecule has 1 unspecified atom stereocenters. The Bertz CT molecular complexity index is 647. The number of likely N-dealkylation sites (N-methyl/N-ethyl adjacent to an activating group) is 1. The highest BCUT2D eigenvalue weighted by atomic mass is 127. The van der Waals surface area contributed by atoms with Crippen LogP contribution in [0.4, 0.5) is 5.69 Å². The van der Waals surface area contributed by atoms with Crippen molar-refractivity contribution in [3.63, 3.8) is 0 Å². The lowest BCUT2D eigenvalue weighted by Gasteiger charge is -2.22. The number of benzene rings is 1. The third kappa shape index (κ3) is 7.13. The van der Waals surface area contributed by atoms with E-state index in [4.69, 9.17) is 0 Å². The van der Waals surface area contributed by atoms with Crippen LogP contribution < -0.4 is 15.5 Å². The van der Waals surface area contributed by atoms with Gasteiger partial charge in [0.2, 0.25) is 0 Å². The minimum absolute atomic E-state index is 0. The lowest BCUT2D eigenvalue weighted by molar-refractivity contribution is 0.0711. The molecule has 5 nitrogen and oxygen atoms in total. The number of thiophene rings is 1. The molecular formula is C19H29IN4OS. The van der Waals surface area contributed by atoms with Gasteiger partial charge in [0.1, 0.15) is 5.60 Å². The Morgan fingerprint density at radius 3 is 2.54 bits per heavy atom. The number of guanidine groups is 1. The summed E-state index contributed by atoms with van der Waals surface area (Å²) in [4.78, 5) is 7.66. The summed E-state index contributed by atoms with van der Waals surface area (Å²) < 4.78 is 0. The molecule has 3 N–H and O–H groups in total. The molecule has 7 heteroatoms. The molecular weight excluding hydrogens is 459 g/mol. The predicted molar refractivity (Wildman–Crippen MR) is 123 cm³/mol. The van der Waals surface area contributed by atoms with Crippen molar-refractivity contribution in [2.24, 2.45) is 4.99 Å². The van der Waals surface area contributed by atoms with Crippen LogP contribution in [0.25, 0.3) is 0 Å². The molecule has 0 bridgehead atoms. The number of anilines is 1. The first-order chi connectivity index (χ1) is 12.0. The van der Waals surface area contributed by atoms with Crippen LogP contribution in [0.3, 0.4) is 0 Å². The average Bonchev–Trinajstić information content (AvgIpc) is 3.16. The molecule has 2 aromatic rings. The van der Waals surface area contributed by atoms with Gasteiger partial charge in [0.25, 0.3) is 0 Å². The first-order valence-electron chi connectivity index (χ1n) is 8.57. The lowest BCUT2D eigenvalue weighted by atomic mass is 10.1. The van der Waals surface area contributed by atoms with Crippen molar-refractivity contribution < 1.29 is 5.11 Å². The number of nitrogens with zero attached hydrogens (tertiary/aromatic N) is 2. The molecule has 144 valence electrons. The molecule has 0 spiro atoms. The van der Waals surface area contributed by atoms with Gasteiger partial charge in [0.05, 0.1) is 6.54 Å². The van der Waals surface area contributed by atoms with E-state index in [1.807, 2.05) is 42.6 Å². The van der Waals surface area contributed by atoms with Gasteiger partial charge in [-0.25, -0.2) is 4.99 Å². The summed E-state index contributed by atoms with van der Waals surface area (Å²) in [6, 6.07) is 14.2. The molecule has 1 aromatic heterocycles. The fraction of sp³-hybridized carbons (Fsp3) is 0.421. The molecule has 26 heavy (non-hydrogen) atoms. The van der Waals surface area contributed by atoms with E-state index >= 15 is 0 Å². The van der Waals surface area contributed by atoms with E-state index in [9.17, 15) is 5.11 Å². The van der Waals surface area contributed by atoms with Crippen LogP contribution in [0.2, 0.25) is 0 Å². The zero-order valence-corrected chi connectivity index (χ0v) is 18.8. The fourth-order valence-corrected chi connectivity index (χ4v) is 3.17. The topological polar surface area (TPSA) is 59.9 Å². The number of para-hydroxylation sites is 1. The van der Waals surface area contributed by atoms with Gasteiger partial charge in [-0.2, -0.15) is 0 Å². The van der Waals surface area contributed by atoms with E-state index in [0.717, 1.165) is 30.5 Å². The summed E-state index contributed by atoms with van der Waals surface area (Å²) in [5.41, 5.74) is 0.240. The van der Waals surface area contributed by atoms with Crippen molar-refractivity contribution in [2.75, 3.05) is 38.1 Å². The van der Waals surface area contributed by atoms with Crippen molar-refractivity contribution in [1.29, 1.82) is 0 Å². The summed E-state index contributed by atoms with van der Waals surface area (Å²) in [5.74, 6) is 0.723. The van der Waals surface area contributed by atoms with E-state index in [1.165, 1.54) is 5.69 Å². The Morgan fingerprint density at radius 2 is 1.92 bits per heavy atom. The van der Waals surface area contributed by atoms with Gasteiger partial charge in [-0.05, 0) is 37.4 Å². The zero-order chi connectivity index (χ0) is 18.1. The maximum Gasteiger partial charge on any atom is 0.191 e. The van der Waals surface area contributed by atoms with Crippen molar-refractivity contribution in [2.45, 2.75) is 19.4 Å². The van der Waals surface area contributed by atoms with E-state index in [2.05, 4.69) is 39.7 Å². The minimum atomic E-state index is -0.947. The number of aliphatic hydroxyl groups is 1. The molecule has 2 rings (SSSR count). The molecule has 0 aliphatic heterocycles. The Hall–Kier alpha value is -1.32. The second kappa shape index (κ2) is 11.4. The molecule has 1 heterocycles. The first kappa shape index (κ1) is 22.7. The molecule has 0 fully saturated rings. The molecule has 0 aliphatic rings. The Balaban J connectivity index is 0.00000338. The van der Waals surface area contributed by atoms with Gasteiger partial charge in [-0.3, -0.25) is 0 Å². The van der Waals surface area contributed by atoms with Gasteiger partial charge in [0.15, 0.2) is 5.96 Å². The summed E-state index contributed by atoms with van der Waals surface area (Å²) in [6.45, 7) is 6.55. The van der Waals surface area contributed by atoms with Crippen molar-refractivity contribution in [3.8, 4) is 0 Å². The van der Waals surface area contributed by atoms with Gasteiger partial charge >= 0.3 is 0 Å². The van der Waals surface area contributed by atoms with E-state index in [0.29, 0.717) is 6.54 Å². The van der Waals surface area contributed by atoms with Crippen molar-refractivity contribution in [1.82, 2.24) is 10.6 Å². The smallest absolute Gasteiger partial charge is 0.191 e. The maximum atomic E-state index is 10.6. The number of halogens is 1. The summed E-state index contributed by atoms with van der Waals surface area (Å²) in [5, 5.41) is 19.1. The third-order valence-electron chi connectivity index (χ3n) is 3.88. The average molecular weight is 488 g/mol. The summed E-state index contributed by atoms with van der Waals surface area (Å²) >= 11 is 1.55. The van der Waals surface area contributed by atoms with Gasteiger partial charge in [-0.15, -0.1) is 35.3 Å². The van der Waals surface area contributed by atoms with Crippen LogP contribution in [-0.2, 0) is 5.60 Å². The number of hydrogen-bond donors (Lipinski definition) is 3.